The van der Waals surface area contributed by atoms with Crippen LogP contribution in [0.1, 0.15) is 17.4 Å². The fourth-order valence-corrected chi connectivity index (χ4v) is 2.80. The number of rotatable bonds is 4. The van der Waals surface area contributed by atoms with Crippen LogP contribution in [0.25, 0.3) is 0 Å². The lowest BCUT2D eigenvalue weighted by molar-refractivity contribution is 0.626. The molecule has 4 heteroatoms. The van der Waals surface area contributed by atoms with Gasteiger partial charge in [-0.15, -0.1) is 11.3 Å². The fraction of sp³-hybridized carbons (Fsp3) is 0.250. The Morgan fingerprint density at radius 3 is 2.90 bits per heavy atom. The van der Waals surface area contributed by atoms with Crippen molar-refractivity contribution >= 4 is 17.0 Å². The van der Waals surface area contributed by atoms with Crippen molar-refractivity contribution in [3.8, 4) is 11.8 Å². The number of hydrogen-bond donors (Lipinski definition) is 1. The SMILES string of the molecule is CCN(Cc1sccc1C#CCN)c1cccc(F)c1. The van der Waals surface area contributed by atoms with Crippen LogP contribution in [0.5, 0.6) is 0 Å². The van der Waals surface area contributed by atoms with E-state index in [0.717, 1.165) is 24.3 Å². The summed E-state index contributed by atoms with van der Waals surface area (Å²) in [5.41, 5.74) is 7.31. The third kappa shape index (κ3) is 3.60. The lowest BCUT2D eigenvalue weighted by Gasteiger charge is -2.22. The standard InChI is InChI=1S/C16H17FN2S/c1-2-19(15-7-3-6-14(17)11-15)12-16-13(5-4-9-18)8-10-20-16/h3,6-8,10-11H,2,9,12,18H2,1H3. The van der Waals surface area contributed by atoms with Crippen molar-refractivity contribution < 1.29 is 4.39 Å². The normalized spacial score (nSPS) is 9.95. The zero-order valence-electron chi connectivity index (χ0n) is 11.4. The van der Waals surface area contributed by atoms with Gasteiger partial charge in [-0.2, -0.15) is 0 Å². The van der Waals surface area contributed by atoms with E-state index in [1.165, 1.54) is 10.9 Å². The molecule has 0 aliphatic carbocycles. The zero-order chi connectivity index (χ0) is 14.4. The molecule has 20 heavy (non-hydrogen) atoms. The van der Waals surface area contributed by atoms with Crippen LogP contribution >= 0.6 is 11.3 Å². The van der Waals surface area contributed by atoms with Crippen LogP contribution in [-0.2, 0) is 6.54 Å². The average molecular weight is 288 g/mol. The number of hydrogen-bond acceptors (Lipinski definition) is 3. The van der Waals surface area contributed by atoms with Gasteiger partial charge in [-0.3, -0.25) is 0 Å². The summed E-state index contributed by atoms with van der Waals surface area (Å²) in [6.07, 6.45) is 0. The second-order valence-electron chi connectivity index (χ2n) is 4.26. The monoisotopic (exact) mass is 288 g/mol. The van der Waals surface area contributed by atoms with E-state index in [2.05, 4.69) is 23.7 Å². The molecule has 104 valence electrons. The Morgan fingerprint density at radius 1 is 1.35 bits per heavy atom. The number of nitrogens with two attached hydrogens (primary N) is 1. The molecule has 0 amide bonds. The van der Waals surface area contributed by atoms with Gasteiger partial charge >= 0.3 is 0 Å². The number of thiophene rings is 1. The Hall–Kier alpha value is -1.83. The molecule has 1 aromatic heterocycles. The third-order valence-corrected chi connectivity index (χ3v) is 3.87. The quantitative estimate of drug-likeness (QED) is 0.875. The Labute approximate surface area is 123 Å². The van der Waals surface area contributed by atoms with E-state index < -0.39 is 0 Å². The third-order valence-electron chi connectivity index (χ3n) is 2.96. The molecule has 0 saturated carbocycles. The fourth-order valence-electron chi connectivity index (χ4n) is 1.95. The number of anilines is 1. The molecule has 1 aromatic carbocycles. The summed E-state index contributed by atoms with van der Waals surface area (Å²) in [5, 5.41) is 2.02. The Balaban J connectivity index is 2.21. The summed E-state index contributed by atoms with van der Waals surface area (Å²) in [7, 11) is 0. The maximum atomic E-state index is 13.3. The first-order valence-corrected chi connectivity index (χ1v) is 7.38. The van der Waals surface area contributed by atoms with Crippen molar-refractivity contribution in [3.63, 3.8) is 0 Å². The van der Waals surface area contributed by atoms with Crippen LogP contribution in [0.3, 0.4) is 0 Å². The Kier molecular flexibility index (Phi) is 5.16. The van der Waals surface area contributed by atoms with E-state index in [0.29, 0.717) is 6.54 Å². The molecule has 1 heterocycles. The number of nitrogens with zero attached hydrogens (tertiary/aromatic N) is 1. The van der Waals surface area contributed by atoms with Crippen LogP contribution < -0.4 is 10.6 Å². The van der Waals surface area contributed by atoms with Gasteiger partial charge in [-0.05, 0) is 36.6 Å². The predicted octanol–water partition coefficient (Wildman–Crippen LogP) is 3.22. The molecule has 0 unspecified atom stereocenters. The van der Waals surface area contributed by atoms with E-state index in [-0.39, 0.29) is 5.82 Å². The van der Waals surface area contributed by atoms with Crippen LogP contribution in [0.2, 0.25) is 0 Å². The van der Waals surface area contributed by atoms with E-state index in [1.54, 1.807) is 23.5 Å². The predicted molar refractivity (Wildman–Crippen MR) is 83.4 cm³/mol. The summed E-state index contributed by atoms with van der Waals surface area (Å²) >= 11 is 1.66. The Morgan fingerprint density at radius 2 is 2.20 bits per heavy atom. The maximum Gasteiger partial charge on any atom is 0.125 e. The molecule has 2 aromatic rings. The van der Waals surface area contributed by atoms with Gasteiger partial charge in [0.2, 0.25) is 0 Å². The average Bonchev–Trinajstić information content (AvgIpc) is 2.89. The lowest BCUT2D eigenvalue weighted by atomic mass is 10.2. The van der Waals surface area contributed by atoms with Gasteiger partial charge in [0.05, 0.1) is 13.1 Å². The number of benzene rings is 1. The second-order valence-corrected chi connectivity index (χ2v) is 5.26. The summed E-state index contributed by atoms with van der Waals surface area (Å²) in [4.78, 5) is 3.31. The van der Waals surface area contributed by atoms with Gasteiger partial charge < -0.3 is 10.6 Å². The summed E-state index contributed by atoms with van der Waals surface area (Å²) in [5.74, 6) is 5.74. The number of halogens is 1. The molecule has 0 aliphatic heterocycles. The molecule has 0 fully saturated rings. The van der Waals surface area contributed by atoms with Crippen molar-refractivity contribution in [1.29, 1.82) is 0 Å². The molecule has 0 saturated heterocycles. The van der Waals surface area contributed by atoms with E-state index in [9.17, 15) is 4.39 Å². The van der Waals surface area contributed by atoms with Crippen LogP contribution in [-0.4, -0.2) is 13.1 Å². The van der Waals surface area contributed by atoms with Crippen LogP contribution in [0, 0.1) is 17.7 Å². The molecule has 0 spiro atoms. The molecule has 2 rings (SSSR count). The highest BCUT2D eigenvalue weighted by molar-refractivity contribution is 7.10. The summed E-state index contributed by atoms with van der Waals surface area (Å²) < 4.78 is 13.3. The van der Waals surface area contributed by atoms with Crippen molar-refractivity contribution in [1.82, 2.24) is 0 Å². The summed E-state index contributed by atoms with van der Waals surface area (Å²) in [6.45, 7) is 3.96. The highest BCUT2D eigenvalue weighted by Crippen LogP contribution is 2.23. The lowest BCUT2D eigenvalue weighted by Crippen LogP contribution is -2.21. The van der Waals surface area contributed by atoms with Crippen molar-refractivity contribution in [3.05, 3.63) is 52.0 Å². The van der Waals surface area contributed by atoms with Gasteiger partial charge in [0.15, 0.2) is 0 Å². The van der Waals surface area contributed by atoms with E-state index in [4.69, 9.17) is 5.73 Å². The first-order valence-electron chi connectivity index (χ1n) is 6.50. The minimum Gasteiger partial charge on any atom is -0.367 e. The van der Waals surface area contributed by atoms with Crippen molar-refractivity contribution in [2.24, 2.45) is 5.73 Å². The molecule has 2 nitrogen and oxygen atoms in total. The van der Waals surface area contributed by atoms with Gasteiger partial charge in [-0.25, -0.2) is 4.39 Å². The molecular weight excluding hydrogens is 271 g/mol. The van der Waals surface area contributed by atoms with Gasteiger partial charge in [0.25, 0.3) is 0 Å². The van der Waals surface area contributed by atoms with Crippen LogP contribution in [0.4, 0.5) is 10.1 Å². The van der Waals surface area contributed by atoms with Crippen molar-refractivity contribution in [2.75, 3.05) is 18.0 Å². The van der Waals surface area contributed by atoms with Gasteiger partial charge in [0, 0.05) is 22.7 Å². The smallest absolute Gasteiger partial charge is 0.125 e. The molecule has 0 radical (unpaired) electrons. The first-order chi connectivity index (χ1) is 9.74. The first kappa shape index (κ1) is 14.6. The molecule has 2 N–H and O–H groups in total. The highest BCUT2D eigenvalue weighted by Gasteiger charge is 2.09. The maximum absolute atomic E-state index is 13.3. The van der Waals surface area contributed by atoms with Crippen molar-refractivity contribution in [2.45, 2.75) is 13.5 Å². The zero-order valence-corrected chi connectivity index (χ0v) is 12.2. The van der Waals surface area contributed by atoms with Gasteiger partial charge in [-0.1, -0.05) is 17.9 Å². The molecule has 0 aliphatic rings. The highest BCUT2D eigenvalue weighted by atomic mass is 32.1. The minimum atomic E-state index is -0.213. The molecular formula is C16H17FN2S. The van der Waals surface area contributed by atoms with Crippen LogP contribution in [0.15, 0.2) is 35.7 Å². The topological polar surface area (TPSA) is 29.3 Å². The second kappa shape index (κ2) is 7.09. The molecule has 0 atom stereocenters. The van der Waals surface area contributed by atoms with E-state index in [1.807, 2.05) is 17.5 Å². The van der Waals surface area contributed by atoms with E-state index >= 15 is 0 Å². The summed E-state index contributed by atoms with van der Waals surface area (Å²) in [6, 6.07) is 8.67. The van der Waals surface area contributed by atoms with Gasteiger partial charge in [0.1, 0.15) is 5.82 Å². The Bertz CT molecular complexity index is 625. The minimum absolute atomic E-state index is 0.213. The largest absolute Gasteiger partial charge is 0.367 e. The molecule has 0 bridgehead atoms.